The molecule has 1 aromatic carbocycles. The van der Waals surface area contributed by atoms with Crippen molar-refractivity contribution in [3.05, 3.63) is 85.4 Å². The molecule has 0 N–H and O–H groups in total. The third-order valence-corrected chi connectivity index (χ3v) is 3.95. The number of hydrogen-bond acceptors (Lipinski definition) is 3. The maximum atomic E-state index is 13.5. The van der Waals surface area contributed by atoms with Crippen LogP contribution in [-0.4, -0.2) is 36.1 Å². The largest absolute Gasteiger partial charge is 0.374 e. The van der Waals surface area contributed by atoms with E-state index in [-0.39, 0.29) is 0 Å². The second-order valence-corrected chi connectivity index (χ2v) is 6.36. The maximum Gasteiger partial charge on any atom is 0.149 e. The number of pyridine rings is 1. The third kappa shape index (κ3) is 8.33. The van der Waals surface area contributed by atoms with Crippen molar-refractivity contribution in [2.45, 2.75) is 26.7 Å². The van der Waals surface area contributed by atoms with Crippen molar-refractivity contribution < 1.29 is 8.78 Å². The van der Waals surface area contributed by atoms with Crippen molar-refractivity contribution in [2.75, 3.05) is 31.1 Å². The van der Waals surface area contributed by atoms with Crippen molar-refractivity contribution in [1.82, 2.24) is 9.88 Å². The molecule has 1 aliphatic rings. The Morgan fingerprint density at radius 2 is 1.61 bits per heavy atom. The van der Waals surface area contributed by atoms with Crippen LogP contribution >= 0.6 is 0 Å². The predicted octanol–water partition coefficient (Wildman–Crippen LogP) is 5.46. The Hall–Kier alpha value is -2.69. The van der Waals surface area contributed by atoms with Crippen LogP contribution in [0.1, 0.15) is 25.8 Å². The SMILES string of the molecule is C=CCc1ccncc1.C=CN1CCN(c2ccc(F)cc2F)CC1.CCC. The van der Waals surface area contributed by atoms with E-state index in [4.69, 9.17) is 0 Å². The summed E-state index contributed by atoms with van der Waals surface area (Å²) in [6.45, 7) is 14.7. The molecule has 1 saturated heterocycles. The van der Waals surface area contributed by atoms with Crippen LogP contribution in [0.4, 0.5) is 14.5 Å². The summed E-state index contributed by atoms with van der Waals surface area (Å²) in [7, 11) is 0. The summed E-state index contributed by atoms with van der Waals surface area (Å²) in [6.07, 6.45) is 9.44. The van der Waals surface area contributed by atoms with Gasteiger partial charge < -0.3 is 9.80 Å². The summed E-state index contributed by atoms with van der Waals surface area (Å²) >= 11 is 0. The molecular weight excluding hydrogens is 356 g/mol. The number of halogens is 2. The summed E-state index contributed by atoms with van der Waals surface area (Å²) in [6, 6.07) is 7.69. The molecule has 0 amide bonds. The van der Waals surface area contributed by atoms with Gasteiger partial charge in [-0.15, -0.1) is 6.58 Å². The highest BCUT2D eigenvalue weighted by atomic mass is 19.1. The maximum absolute atomic E-state index is 13.5. The standard InChI is InChI=1S/C12H14F2N2.C8H9N.C3H8/c1-2-15-5-7-16(8-6-15)12-4-3-10(13)9-11(12)14;1-2-3-8-4-6-9-7-5-8;1-3-2/h2-4,9H,1,5-8H2;2,4-7H,1,3H2;3H2,1-2H3. The van der Waals surface area contributed by atoms with Gasteiger partial charge in [-0.1, -0.05) is 32.9 Å². The van der Waals surface area contributed by atoms with E-state index < -0.39 is 11.6 Å². The number of benzene rings is 1. The van der Waals surface area contributed by atoms with Crippen LogP contribution in [0.15, 0.2) is 68.2 Å². The van der Waals surface area contributed by atoms with Crippen molar-refractivity contribution in [3.63, 3.8) is 0 Å². The molecule has 0 radical (unpaired) electrons. The average Bonchev–Trinajstić information content (AvgIpc) is 2.70. The molecule has 0 bridgehead atoms. The Labute approximate surface area is 168 Å². The molecule has 1 fully saturated rings. The zero-order valence-corrected chi connectivity index (χ0v) is 17.0. The lowest BCUT2D eigenvalue weighted by Gasteiger charge is -2.35. The molecular formula is C23H31F2N3. The first-order chi connectivity index (χ1) is 13.5. The lowest BCUT2D eigenvalue weighted by Crippen LogP contribution is -2.44. The third-order valence-electron chi connectivity index (χ3n) is 3.95. The quantitative estimate of drug-likeness (QED) is 0.650. The highest BCUT2D eigenvalue weighted by Crippen LogP contribution is 2.21. The molecule has 2 heterocycles. The highest BCUT2D eigenvalue weighted by Gasteiger charge is 2.17. The van der Waals surface area contributed by atoms with Crippen LogP contribution in [0.25, 0.3) is 0 Å². The number of anilines is 1. The van der Waals surface area contributed by atoms with Gasteiger partial charge in [-0.25, -0.2) is 8.78 Å². The molecule has 152 valence electrons. The van der Waals surface area contributed by atoms with Gasteiger partial charge in [0.05, 0.1) is 5.69 Å². The molecule has 0 atom stereocenters. The smallest absolute Gasteiger partial charge is 0.149 e. The average molecular weight is 388 g/mol. The number of allylic oxidation sites excluding steroid dienone is 1. The Balaban J connectivity index is 0.000000276. The minimum Gasteiger partial charge on any atom is -0.374 e. The van der Waals surface area contributed by atoms with Gasteiger partial charge in [0, 0.05) is 44.6 Å². The van der Waals surface area contributed by atoms with Gasteiger partial charge in [-0.3, -0.25) is 4.98 Å². The Morgan fingerprint density at radius 1 is 1.00 bits per heavy atom. The Kier molecular flexibility index (Phi) is 11.2. The fourth-order valence-electron chi connectivity index (χ4n) is 2.57. The van der Waals surface area contributed by atoms with E-state index in [2.05, 4.69) is 36.9 Å². The van der Waals surface area contributed by atoms with E-state index in [1.54, 1.807) is 18.6 Å². The summed E-state index contributed by atoms with van der Waals surface area (Å²) in [5, 5.41) is 0. The molecule has 3 rings (SSSR count). The van der Waals surface area contributed by atoms with Crippen molar-refractivity contribution in [2.24, 2.45) is 0 Å². The summed E-state index contributed by atoms with van der Waals surface area (Å²) in [5.74, 6) is -1.03. The predicted molar refractivity (Wildman–Crippen MR) is 114 cm³/mol. The molecule has 28 heavy (non-hydrogen) atoms. The second kappa shape index (κ2) is 13.5. The minimum atomic E-state index is -0.536. The molecule has 0 spiro atoms. The van der Waals surface area contributed by atoms with Gasteiger partial charge in [0.2, 0.25) is 0 Å². The van der Waals surface area contributed by atoms with E-state index >= 15 is 0 Å². The number of aromatic nitrogens is 1. The van der Waals surface area contributed by atoms with E-state index in [0.29, 0.717) is 5.69 Å². The van der Waals surface area contributed by atoms with E-state index in [0.717, 1.165) is 38.7 Å². The molecule has 0 saturated carbocycles. The number of hydrogen-bond donors (Lipinski definition) is 0. The first-order valence-electron chi connectivity index (χ1n) is 9.62. The molecule has 3 nitrogen and oxygen atoms in total. The molecule has 2 aromatic rings. The van der Waals surface area contributed by atoms with Gasteiger partial charge >= 0.3 is 0 Å². The van der Waals surface area contributed by atoms with E-state index in [9.17, 15) is 8.78 Å². The normalized spacial score (nSPS) is 12.9. The van der Waals surface area contributed by atoms with Crippen LogP contribution < -0.4 is 4.90 Å². The van der Waals surface area contributed by atoms with Crippen LogP contribution in [0, 0.1) is 11.6 Å². The Morgan fingerprint density at radius 3 is 2.11 bits per heavy atom. The van der Waals surface area contributed by atoms with Crippen LogP contribution in [0.3, 0.4) is 0 Å². The lowest BCUT2D eigenvalue weighted by atomic mass is 10.2. The zero-order valence-electron chi connectivity index (χ0n) is 17.0. The molecule has 5 heteroatoms. The summed E-state index contributed by atoms with van der Waals surface area (Å²) in [5.41, 5.74) is 1.74. The van der Waals surface area contributed by atoms with Crippen molar-refractivity contribution in [1.29, 1.82) is 0 Å². The summed E-state index contributed by atoms with van der Waals surface area (Å²) < 4.78 is 26.2. The van der Waals surface area contributed by atoms with Gasteiger partial charge in [0.15, 0.2) is 0 Å². The van der Waals surface area contributed by atoms with Gasteiger partial charge in [-0.05, 0) is 42.4 Å². The number of piperazine rings is 1. The Bertz CT molecular complexity index is 696. The van der Waals surface area contributed by atoms with E-state index in [1.807, 2.05) is 23.1 Å². The van der Waals surface area contributed by atoms with Crippen molar-refractivity contribution >= 4 is 5.69 Å². The zero-order chi connectivity index (χ0) is 20.8. The van der Waals surface area contributed by atoms with Gasteiger partial charge in [-0.2, -0.15) is 0 Å². The highest BCUT2D eigenvalue weighted by molar-refractivity contribution is 5.48. The van der Waals surface area contributed by atoms with Crippen molar-refractivity contribution in [3.8, 4) is 0 Å². The second-order valence-electron chi connectivity index (χ2n) is 6.36. The molecule has 1 aliphatic heterocycles. The fraction of sp³-hybridized carbons (Fsp3) is 0.348. The first-order valence-corrected chi connectivity index (χ1v) is 9.62. The molecule has 1 aromatic heterocycles. The first kappa shape index (κ1) is 23.3. The van der Waals surface area contributed by atoms with Gasteiger partial charge in [0.25, 0.3) is 0 Å². The monoisotopic (exact) mass is 387 g/mol. The molecule has 0 aliphatic carbocycles. The van der Waals surface area contributed by atoms with E-state index in [1.165, 1.54) is 24.1 Å². The minimum absolute atomic E-state index is 0.477. The topological polar surface area (TPSA) is 19.4 Å². The van der Waals surface area contributed by atoms with Gasteiger partial charge in [0.1, 0.15) is 11.6 Å². The number of rotatable bonds is 4. The fourth-order valence-corrected chi connectivity index (χ4v) is 2.57. The van der Waals surface area contributed by atoms with Crippen LogP contribution in [-0.2, 0) is 6.42 Å². The van der Waals surface area contributed by atoms with Crippen LogP contribution in [0.2, 0.25) is 0 Å². The number of nitrogens with zero attached hydrogens (tertiary/aromatic N) is 3. The summed E-state index contributed by atoms with van der Waals surface area (Å²) in [4.78, 5) is 7.90. The van der Waals surface area contributed by atoms with Crippen LogP contribution in [0.5, 0.6) is 0 Å². The molecule has 0 unspecified atom stereocenters. The lowest BCUT2D eigenvalue weighted by molar-refractivity contribution is 0.348.